The predicted octanol–water partition coefficient (Wildman–Crippen LogP) is 2.05. The highest BCUT2D eigenvalue weighted by molar-refractivity contribution is 8.00. The maximum absolute atomic E-state index is 12.9. The van der Waals surface area contributed by atoms with Crippen LogP contribution in [0.4, 0.5) is 0 Å². The molecular weight excluding hydrogens is 378 g/mol. The molecule has 0 spiro atoms. The number of hydrogen-bond donors (Lipinski definition) is 2. The summed E-state index contributed by atoms with van der Waals surface area (Å²) < 4.78 is 4.63. The number of methoxy groups -OCH3 is 1. The molecule has 4 saturated carbocycles. The summed E-state index contributed by atoms with van der Waals surface area (Å²) in [6.45, 7) is 1.83. The van der Waals surface area contributed by atoms with Crippen LogP contribution in [0.5, 0.6) is 0 Å². The standard InChI is InChI=1S/C20H27N3O4S/c1-11(28-19-21-15(6-16(24)22-19)7-17(25)27-2)18(26)23-20-8-12-3-13(9-20)5-14(4-12)10-20/h6,11-14H,3-5,7-10H2,1-2H3,(H,23,26)(H,21,22,24)/t11-,12?,13?,14?,20?/m1/s1. The summed E-state index contributed by atoms with van der Waals surface area (Å²) in [5, 5.41) is 3.32. The normalized spacial score (nSPS) is 31.4. The Bertz CT molecular complexity index is 802. The van der Waals surface area contributed by atoms with E-state index in [2.05, 4.69) is 20.0 Å². The first-order valence-corrected chi connectivity index (χ1v) is 10.9. The average molecular weight is 406 g/mol. The topological polar surface area (TPSA) is 101 Å². The first-order chi connectivity index (χ1) is 13.3. The van der Waals surface area contributed by atoms with Gasteiger partial charge in [0.1, 0.15) is 0 Å². The smallest absolute Gasteiger partial charge is 0.311 e. The van der Waals surface area contributed by atoms with Crippen molar-refractivity contribution in [2.24, 2.45) is 17.8 Å². The van der Waals surface area contributed by atoms with Crippen molar-refractivity contribution in [2.45, 2.75) is 67.8 Å². The predicted molar refractivity (Wildman–Crippen MR) is 105 cm³/mol. The van der Waals surface area contributed by atoms with E-state index in [-0.39, 0.29) is 28.7 Å². The Morgan fingerprint density at radius 2 is 1.89 bits per heavy atom. The van der Waals surface area contributed by atoms with Crippen LogP contribution in [0.25, 0.3) is 0 Å². The summed E-state index contributed by atoms with van der Waals surface area (Å²) in [5.74, 6) is 1.84. The van der Waals surface area contributed by atoms with E-state index in [1.54, 1.807) is 0 Å². The SMILES string of the molecule is COC(=O)Cc1cc(=O)[nH]c(S[C@H](C)C(=O)NC23CC4CC(CC(C4)C2)C3)n1. The van der Waals surface area contributed by atoms with Crippen LogP contribution in [0.2, 0.25) is 0 Å². The van der Waals surface area contributed by atoms with Crippen molar-refractivity contribution in [1.29, 1.82) is 0 Å². The summed E-state index contributed by atoms with van der Waals surface area (Å²) in [6, 6.07) is 1.28. The number of carbonyl (C=O) groups excluding carboxylic acids is 2. The second kappa shape index (κ2) is 7.54. The quantitative estimate of drug-likeness (QED) is 0.427. The Hall–Kier alpha value is -1.83. The number of rotatable bonds is 6. The molecule has 1 amide bonds. The van der Waals surface area contributed by atoms with Gasteiger partial charge in [-0.05, 0) is 63.2 Å². The van der Waals surface area contributed by atoms with Gasteiger partial charge in [0.05, 0.1) is 24.5 Å². The summed E-state index contributed by atoms with van der Waals surface area (Å²) in [5.41, 5.74) is -0.0364. The number of amides is 1. The Kier molecular flexibility index (Phi) is 5.24. The molecule has 0 unspecified atom stereocenters. The zero-order chi connectivity index (χ0) is 19.9. The number of aromatic nitrogens is 2. The summed E-state index contributed by atoms with van der Waals surface area (Å²) in [7, 11) is 1.29. The van der Waals surface area contributed by atoms with Crippen molar-refractivity contribution < 1.29 is 14.3 Å². The molecule has 7 nitrogen and oxygen atoms in total. The summed E-state index contributed by atoms with van der Waals surface area (Å²) in [6.07, 6.45) is 7.23. The molecule has 0 aromatic carbocycles. The lowest BCUT2D eigenvalue weighted by atomic mass is 9.53. The minimum absolute atomic E-state index is 0.00651. The van der Waals surface area contributed by atoms with Crippen LogP contribution in [0, 0.1) is 17.8 Å². The van der Waals surface area contributed by atoms with Gasteiger partial charge in [-0.15, -0.1) is 0 Å². The Labute approximate surface area is 168 Å². The molecule has 1 aromatic rings. The van der Waals surface area contributed by atoms with Gasteiger partial charge in [-0.2, -0.15) is 0 Å². The number of ether oxygens (including phenoxy) is 1. The van der Waals surface area contributed by atoms with Crippen molar-refractivity contribution in [3.8, 4) is 0 Å². The van der Waals surface area contributed by atoms with E-state index < -0.39 is 5.97 Å². The zero-order valence-corrected chi connectivity index (χ0v) is 17.1. The molecule has 4 aliphatic rings. The van der Waals surface area contributed by atoms with E-state index in [9.17, 15) is 14.4 Å². The number of esters is 1. The van der Waals surface area contributed by atoms with Gasteiger partial charge in [0.25, 0.3) is 5.56 Å². The van der Waals surface area contributed by atoms with Crippen LogP contribution in [-0.2, 0) is 20.7 Å². The van der Waals surface area contributed by atoms with Crippen molar-refractivity contribution in [3.05, 3.63) is 22.1 Å². The third kappa shape index (κ3) is 4.11. The second-order valence-corrected chi connectivity index (χ2v) is 10.1. The molecule has 0 saturated heterocycles. The molecule has 5 rings (SSSR count). The molecule has 28 heavy (non-hydrogen) atoms. The van der Waals surface area contributed by atoms with Gasteiger partial charge in [0.15, 0.2) is 5.16 Å². The summed E-state index contributed by atoms with van der Waals surface area (Å²) >= 11 is 1.21. The fourth-order valence-corrected chi connectivity index (χ4v) is 6.53. The van der Waals surface area contributed by atoms with Gasteiger partial charge < -0.3 is 15.0 Å². The molecule has 0 radical (unpaired) electrons. The number of H-pyrrole nitrogens is 1. The van der Waals surface area contributed by atoms with Crippen molar-refractivity contribution in [3.63, 3.8) is 0 Å². The lowest BCUT2D eigenvalue weighted by Gasteiger charge is -2.57. The maximum atomic E-state index is 12.9. The van der Waals surface area contributed by atoms with Crippen LogP contribution in [0.15, 0.2) is 16.0 Å². The number of thioether (sulfide) groups is 1. The van der Waals surface area contributed by atoms with Crippen molar-refractivity contribution in [1.82, 2.24) is 15.3 Å². The van der Waals surface area contributed by atoms with Gasteiger partial charge in [0, 0.05) is 11.6 Å². The van der Waals surface area contributed by atoms with E-state index >= 15 is 0 Å². The van der Waals surface area contributed by atoms with Crippen LogP contribution in [0.1, 0.15) is 51.1 Å². The first-order valence-electron chi connectivity index (χ1n) is 10.00. The van der Waals surface area contributed by atoms with Crippen LogP contribution in [-0.4, -0.2) is 39.7 Å². The highest BCUT2D eigenvalue weighted by Crippen LogP contribution is 2.55. The molecule has 4 aliphatic carbocycles. The maximum Gasteiger partial charge on any atom is 0.311 e. The molecule has 1 aromatic heterocycles. The van der Waals surface area contributed by atoms with Crippen molar-refractivity contribution in [2.75, 3.05) is 7.11 Å². The van der Waals surface area contributed by atoms with E-state index in [1.165, 1.54) is 44.2 Å². The molecule has 152 valence electrons. The van der Waals surface area contributed by atoms with Gasteiger partial charge in [-0.3, -0.25) is 14.4 Å². The van der Waals surface area contributed by atoms with Gasteiger partial charge >= 0.3 is 5.97 Å². The highest BCUT2D eigenvalue weighted by atomic mass is 32.2. The monoisotopic (exact) mass is 405 g/mol. The molecule has 8 heteroatoms. The summed E-state index contributed by atoms with van der Waals surface area (Å²) in [4.78, 5) is 43.2. The fourth-order valence-electron chi connectivity index (χ4n) is 5.70. The number of nitrogens with one attached hydrogen (secondary N) is 2. The molecule has 2 N–H and O–H groups in total. The molecule has 1 heterocycles. The Balaban J connectivity index is 1.41. The Morgan fingerprint density at radius 1 is 1.29 bits per heavy atom. The minimum atomic E-state index is -0.457. The van der Waals surface area contributed by atoms with Gasteiger partial charge in [-0.1, -0.05) is 11.8 Å². The van der Waals surface area contributed by atoms with Crippen LogP contribution < -0.4 is 10.9 Å². The number of carbonyl (C=O) groups is 2. The molecular formula is C20H27N3O4S. The minimum Gasteiger partial charge on any atom is -0.469 e. The number of hydrogen-bond acceptors (Lipinski definition) is 6. The van der Waals surface area contributed by atoms with E-state index in [0.29, 0.717) is 10.9 Å². The molecule has 1 atom stereocenters. The van der Waals surface area contributed by atoms with E-state index in [1.807, 2.05) is 6.92 Å². The average Bonchev–Trinajstić information content (AvgIpc) is 2.59. The second-order valence-electron chi connectivity index (χ2n) is 8.74. The number of nitrogens with zero attached hydrogens (tertiary/aromatic N) is 1. The lowest BCUT2D eigenvalue weighted by Crippen LogP contribution is -2.60. The fraction of sp³-hybridized carbons (Fsp3) is 0.700. The van der Waals surface area contributed by atoms with E-state index in [4.69, 9.17) is 0 Å². The number of aromatic amines is 1. The molecule has 4 bridgehead atoms. The largest absolute Gasteiger partial charge is 0.469 e. The van der Waals surface area contributed by atoms with Gasteiger partial charge in [0.2, 0.25) is 5.91 Å². The Morgan fingerprint density at radius 3 is 2.46 bits per heavy atom. The third-order valence-corrected chi connectivity index (χ3v) is 7.39. The zero-order valence-electron chi connectivity index (χ0n) is 16.3. The highest BCUT2D eigenvalue weighted by Gasteiger charge is 2.51. The van der Waals surface area contributed by atoms with Crippen molar-refractivity contribution >= 4 is 23.6 Å². The molecule has 0 aliphatic heterocycles. The van der Waals surface area contributed by atoms with Crippen LogP contribution in [0.3, 0.4) is 0 Å². The van der Waals surface area contributed by atoms with Crippen LogP contribution >= 0.6 is 11.8 Å². The van der Waals surface area contributed by atoms with E-state index in [0.717, 1.165) is 37.0 Å². The van der Waals surface area contributed by atoms with Gasteiger partial charge in [-0.25, -0.2) is 4.98 Å². The third-order valence-electron chi connectivity index (χ3n) is 6.41. The molecule has 4 fully saturated rings. The first kappa shape index (κ1) is 19.5. The lowest BCUT2D eigenvalue weighted by molar-refractivity contribution is -0.139.